The van der Waals surface area contributed by atoms with Crippen molar-refractivity contribution in [2.45, 2.75) is 37.6 Å². The van der Waals surface area contributed by atoms with Gasteiger partial charge >= 0.3 is 0 Å². The Labute approximate surface area is 152 Å². The fourth-order valence-corrected chi connectivity index (χ4v) is 5.09. The van der Waals surface area contributed by atoms with Crippen LogP contribution in [-0.4, -0.2) is 36.9 Å². The lowest BCUT2D eigenvalue weighted by atomic mass is 10.1. The van der Waals surface area contributed by atoms with Gasteiger partial charge in [-0.2, -0.15) is 0 Å². The third-order valence-corrected chi connectivity index (χ3v) is 7.05. The molecule has 0 aromatic carbocycles. The van der Waals surface area contributed by atoms with Crippen LogP contribution in [0.1, 0.15) is 40.3 Å². The number of thiophene rings is 1. The molecule has 0 unspecified atom stereocenters. The number of sulfonamides is 1. The third-order valence-electron chi connectivity index (χ3n) is 4.66. The number of carbonyl (C=O) groups excluding carboxylic acids is 1. The molecule has 0 aliphatic carbocycles. The molecule has 3 rings (SSSR count). The lowest BCUT2D eigenvalue weighted by Crippen LogP contribution is -2.36. The summed E-state index contributed by atoms with van der Waals surface area (Å²) in [5.74, 6) is -0.0926. The summed E-state index contributed by atoms with van der Waals surface area (Å²) < 4.78 is 29.6. The first-order chi connectivity index (χ1) is 11.9. The summed E-state index contributed by atoms with van der Waals surface area (Å²) in [5.41, 5.74) is 0.995. The molecule has 1 fully saturated rings. The highest BCUT2D eigenvalue weighted by Crippen LogP contribution is 2.22. The van der Waals surface area contributed by atoms with E-state index in [2.05, 4.69) is 4.72 Å². The van der Waals surface area contributed by atoms with Crippen LogP contribution < -0.4 is 4.72 Å². The molecule has 0 radical (unpaired) electrons. The molecule has 1 aliphatic heterocycles. The minimum atomic E-state index is -3.67. The molecule has 6 nitrogen and oxygen atoms in total. The third kappa shape index (κ3) is 3.80. The minimum Gasteiger partial charge on any atom is -0.343 e. The van der Waals surface area contributed by atoms with Gasteiger partial charge in [0.2, 0.25) is 10.0 Å². The molecule has 1 aliphatic rings. The quantitative estimate of drug-likeness (QED) is 0.865. The zero-order valence-electron chi connectivity index (χ0n) is 14.5. The number of rotatable bonds is 5. The number of carbonyl (C=O) groups is 1. The summed E-state index contributed by atoms with van der Waals surface area (Å²) in [6.07, 6.45) is 3.15. The van der Waals surface area contributed by atoms with Crippen molar-refractivity contribution in [2.75, 3.05) is 13.1 Å². The highest BCUT2D eigenvalue weighted by Gasteiger charge is 2.27. The molecular formula is C17H23N3O3S2. The molecule has 3 heterocycles. The Bertz CT molecular complexity index is 848. The molecule has 0 bridgehead atoms. The van der Waals surface area contributed by atoms with E-state index in [0.717, 1.165) is 37.2 Å². The molecule has 25 heavy (non-hydrogen) atoms. The van der Waals surface area contributed by atoms with Crippen molar-refractivity contribution >= 4 is 27.3 Å². The largest absolute Gasteiger partial charge is 0.343 e. The average Bonchev–Trinajstić information content (AvgIpc) is 3.23. The summed E-state index contributed by atoms with van der Waals surface area (Å²) in [6.45, 7) is 3.46. The molecule has 2 aromatic rings. The second-order valence-corrected chi connectivity index (χ2v) is 9.06. The van der Waals surface area contributed by atoms with Crippen molar-refractivity contribution < 1.29 is 13.2 Å². The maximum atomic E-state index is 12.7. The summed E-state index contributed by atoms with van der Waals surface area (Å²) in [4.78, 5) is 15.7. The second kappa shape index (κ2) is 7.31. The Kier molecular flexibility index (Phi) is 5.31. The molecule has 2 aromatic heterocycles. The van der Waals surface area contributed by atoms with Crippen molar-refractivity contribution in [3.05, 3.63) is 39.8 Å². The van der Waals surface area contributed by atoms with Gasteiger partial charge in [0.25, 0.3) is 5.91 Å². The smallest absolute Gasteiger partial charge is 0.270 e. The molecule has 0 atom stereocenters. The van der Waals surface area contributed by atoms with Crippen LogP contribution in [0.3, 0.4) is 0 Å². The van der Waals surface area contributed by atoms with Crippen LogP contribution in [0.5, 0.6) is 0 Å². The van der Waals surface area contributed by atoms with Gasteiger partial charge in [-0.3, -0.25) is 4.79 Å². The Morgan fingerprint density at radius 1 is 1.28 bits per heavy atom. The van der Waals surface area contributed by atoms with Crippen LogP contribution >= 0.6 is 11.3 Å². The van der Waals surface area contributed by atoms with Gasteiger partial charge in [0.1, 0.15) is 10.6 Å². The summed E-state index contributed by atoms with van der Waals surface area (Å²) >= 11 is 1.50. The zero-order chi connectivity index (χ0) is 18.0. The number of hydrogen-bond donors (Lipinski definition) is 1. The van der Waals surface area contributed by atoms with E-state index in [4.69, 9.17) is 0 Å². The molecule has 1 N–H and O–H groups in total. The van der Waals surface area contributed by atoms with Gasteiger partial charge < -0.3 is 9.47 Å². The predicted octanol–water partition coefficient (Wildman–Crippen LogP) is 2.50. The summed E-state index contributed by atoms with van der Waals surface area (Å²) in [6, 6.07) is 5.27. The van der Waals surface area contributed by atoms with E-state index in [1.807, 2.05) is 22.4 Å². The van der Waals surface area contributed by atoms with Crippen LogP contribution in [-0.2, 0) is 23.6 Å². The number of nitrogens with one attached hydrogen (secondary N) is 1. The number of hydrogen-bond acceptors (Lipinski definition) is 4. The molecule has 0 spiro atoms. The van der Waals surface area contributed by atoms with Crippen LogP contribution in [0.25, 0.3) is 0 Å². The minimum absolute atomic E-state index is 0.0926. The maximum absolute atomic E-state index is 12.7. The molecule has 0 saturated carbocycles. The number of likely N-dealkylation sites (tertiary alicyclic amines) is 1. The van der Waals surface area contributed by atoms with Crippen molar-refractivity contribution in [3.8, 4) is 0 Å². The first-order valence-electron chi connectivity index (χ1n) is 8.38. The van der Waals surface area contributed by atoms with Gasteiger partial charge in [0.05, 0.1) is 0 Å². The molecule has 136 valence electrons. The van der Waals surface area contributed by atoms with E-state index in [1.54, 1.807) is 18.5 Å². The van der Waals surface area contributed by atoms with Gasteiger partial charge in [0, 0.05) is 37.3 Å². The summed E-state index contributed by atoms with van der Waals surface area (Å²) in [7, 11) is -1.93. The van der Waals surface area contributed by atoms with Gasteiger partial charge in [0.15, 0.2) is 0 Å². The molecule has 1 saturated heterocycles. The second-order valence-electron chi connectivity index (χ2n) is 6.30. The molecule has 8 heteroatoms. The number of nitrogens with zero attached hydrogens (tertiary/aromatic N) is 2. The first kappa shape index (κ1) is 18.2. The van der Waals surface area contributed by atoms with Crippen LogP contribution in [0, 0.1) is 6.92 Å². The normalized spacial score (nSPS) is 15.5. The van der Waals surface area contributed by atoms with Crippen molar-refractivity contribution in [1.29, 1.82) is 0 Å². The van der Waals surface area contributed by atoms with E-state index in [1.165, 1.54) is 17.4 Å². The van der Waals surface area contributed by atoms with Gasteiger partial charge in [-0.05, 0) is 43.7 Å². The van der Waals surface area contributed by atoms with Crippen molar-refractivity contribution in [3.63, 3.8) is 0 Å². The van der Waals surface area contributed by atoms with E-state index in [-0.39, 0.29) is 17.3 Å². The fraction of sp³-hybridized carbons (Fsp3) is 0.471. The number of amides is 1. The number of aromatic nitrogens is 1. The molecular weight excluding hydrogens is 358 g/mol. The van der Waals surface area contributed by atoms with E-state index >= 15 is 0 Å². The lowest BCUT2D eigenvalue weighted by molar-refractivity contribution is 0.0714. The fourth-order valence-electron chi connectivity index (χ4n) is 3.06. The predicted molar refractivity (Wildman–Crippen MR) is 98.2 cm³/mol. The van der Waals surface area contributed by atoms with E-state index < -0.39 is 10.0 Å². The highest BCUT2D eigenvalue weighted by molar-refractivity contribution is 7.89. The van der Waals surface area contributed by atoms with E-state index in [9.17, 15) is 13.2 Å². The average molecular weight is 382 g/mol. The topological polar surface area (TPSA) is 71.4 Å². The Hall–Kier alpha value is -1.64. The SMILES string of the molecule is Cc1c(S(=O)(=O)NCc2cccs2)cc(C(=O)N2CCCCC2)n1C. The van der Waals surface area contributed by atoms with Gasteiger partial charge in [-0.1, -0.05) is 6.07 Å². The van der Waals surface area contributed by atoms with Gasteiger partial charge in [-0.25, -0.2) is 13.1 Å². The Balaban J connectivity index is 1.83. The van der Waals surface area contributed by atoms with E-state index in [0.29, 0.717) is 11.4 Å². The standard InChI is InChI=1S/C17H23N3O3S2/c1-13-16(25(22,23)18-12-14-7-6-10-24-14)11-15(19(13)2)17(21)20-8-4-3-5-9-20/h6-7,10-11,18H,3-5,8-9,12H2,1-2H3. The van der Waals surface area contributed by atoms with Gasteiger partial charge in [-0.15, -0.1) is 11.3 Å². The molecule has 1 amide bonds. The van der Waals surface area contributed by atoms with Crippen molar-refractivity contribution in [2.24, 2.45) is 7.05 Å². The Morgan fingerprint density at radius 3 is 2.64 bits per heavy atom. The highest BCUT2D eigenvalue weighted by atomic mass is 32.2. The number of piperidine rings is 1. The zero-order valence-corrected chi connectivity index (χ0v) is 16.1. The Morgan fingerprint density at radius 2 is 2.00 bits per heavy atom. The van der Waals surface area contributed by atoms with Crippen LogP contribution in [0.15, 0.2) is 28.5 Å². The van der Waals surface area contributed by atoms with Crippen molar-refractivity contribution in [1.82, 2.24) is 14.2 Å². The monoisotopic (exact) mass is 381 g/mol. The lowest BCUT2D eigenvalue weighted by Gasteiger charge is -2.26. The summed E-state index contributed by atoms with van der Waals surface area (Å²) in [5, 5.41) is 1.91. The van der Waals surface area contributed by atoms with Crippen LogP contribution in [0.2, 0.25) is 0 Å². The van der Waals surface area contributed by atoms with Crippen LogP contribution in [0.4, 0.5) is 0 Å². The maximum Gasteiger partial charge on any atom is 0.270 e. The first-order valence-corrected chi connectivity index (χ1v) is 10.7.